The zero-order chi connectivity index (χ0) is 14.7. The third-order valence-corrected chi connectivity index (χ3v) is 3.04. The van der Waals surface area contributed by atoms with Gasteiger partial charge in [0, 0.05) is 24.1 Å². The van der Waals surface area contributed by atoms with Gasteiger partial charge in [0.25, 0.3) is 0 Å². The van der Waals surface area contributed by atoms with E-state index in [1.807, 2.05) is 6.92 Å². The van der Waals surface area contributed by atoms with Gasteiger partial charge in [-0.2, -0.15) is 8.78 Å². The van der Waals surface area contributed by atoms with Crippen molar-refractivity contribution >= 4 is 16.5 Å². The zero-order valence-electron chi connectivity index (χ0n) is 10.2. The highest BCUT2D eigenvalue weighted by atomic mass is 32.1. The summed E-state index contributed by atoms with van der Waals surface area (Å²) in [4.78, 5) is 0. The van der Waals surface area contributed by atoms with Gasteiger partial charge in [-0.3, -0.25) is 0 Å². The van der Waals surface area contributed by atoms with E-state index in [1.54, 1.807) is 0 Å². The molecule has 2 aromatic rings. The second-order valence-electron chi connectivity index (χ2n) is 3.67. The molecule has 20 heavy (non-hydrogen) atoms. The van der Waals surface area contributed by atoms with Gasteiger partial charge in [0.1, 0.15) is 17.3 Å². The van der Waals surface area contributed by atoms with E-state index >= 15 is 0 Å². The fourth-order valence-electron chi connectivity index (χ4n) is 1.42. The van der Waals surface area contributed by atoms with Crippen molar-refractivity contribution in [2.75, 3.05) is 11.9 Å². The summed E-state index contributed by atoms with van der Waals surface area (Å²) < 4.78 is 61.1. The molecule has 0 aliphatic heterocycles. The number of aromatic nitrogens is 2. The van der Waals surface area contributed by atoms with Gasteiger partial charge < -0.3 is 10.1 Å². The predicted octanol–water partition coefficient (Wildman–Crippen LogP) is 3.11. The van der Waals surface area contributed by atoms with Crippen LogP contribution in [0.2, 0.25) is 0 Å². The minimum Gasteiger partial charge on any atom is -0.481 e. The second-order valence-corrected chi connectivity index (χ2v) is 4.42. The van der Waals surface area contributed by atoms with Crippen molar-refractivity contribution < 1.29 is 22.3 Å². The normalized spacial score (nSPS) is 10.7. The molecule has 2 rings (SSSR count). The van der Waals surface area contributed by atoms with Gasteiger partial charge in [-0.1, -0.05) is 4.49 Å². The Balaban J connectivity index is 2.21. The molecule has 0 saturated heterocycles. The Kier molecular flexibility index (Phi) is 4.38. The van der Waals surface area contributed by atoms with Crippen LogP contribution in [-0.4, -0.2) is 16.1 Å². The summed E-state index contributed by atoms with van der Waals surface area (Å²) in [7, 11) is 0. The summed E-state index contributed by atoms with van der Waals surface area (Å²) >= 11 is 1.04. The molecular formula is C11H9F4N3OS. The van der Waals surface area contributed by atoms with Crippen LogP contribution >= 0.6 is 11.5 Å². The molecule has 1 aromatic carbocycles. The summed E-state index contributed by atoms with van der Waals surface area (Å²) in [6, 6.07) is 0.117. The maximum absolute atomic E-state index is 13.4. The highest BCUT2D eigenvalue weighted by Crippen LogP contribution is 2.28. The quantitative estimate of drug-likeness (QED) is 0.681. The van der Waals surface area contributed by atoms with Gasteiger partial charge in [0.2, 0.25) is 11.6 Å². The summed E-state index contributed by atoms with van der Waals surface area (Å²) in [6.45, 7) is 2.06. The van der Waals surface area contributed by atoms with Crippen LogP contribution < -0.4 is 10.1 Å². The number of ether oxygens (including phenoxy) is 1. The zero-order valence-corrected chi connectivity index (χ0v) is 11.0. The number of anilines is 1. The molecule has 4 nitrogen and oxygen atoms in total. The maximum Gasteiger partial charge on any atom is 0.203 e. The second kappa shape index (κ2) is 6.04. The number of rotatable bonds is 5. The molecule has 108 valence electrons. The number of nitrogens with one attached hydrogen (secondary N) is 1. The molecule has 1 aromatic heterocycles. The molecule has 9 heteroatoms. The van der Waals surface area contributed by atoms with E-state index in [1.165, 1.54) is 0 Å². The van der Waals surface area contributed by atoms with Gasteiger partial charge in [-0.15, -0.1) is 5.10 Å². The molecule has 1 heterocycles. The number of halogens is 4. The highest BCUT2D eigenvalue weighted by molar-refractivity contribution is 7.10. The topological polar surface area (TPSA) is 47.0 Å². The van der Waals surface area contributed by atoms with Crippen molar-refractivity contribution in [2.24, 2.45) is 0 Å². The third kappa shape index (κ3) is 2.82. The maximum atomic E-state index is 13.4. The third-order valence-electron chi connectivity index (χ3n) is 2.32. The fraction of sp³-hybridized carbons (Fsp3) is 0.273. The molecule has 0 aliphatic rings. The van der Waals surface area contributed by atoms with Crippen LogP contribution in [0.1, 0.15) is 12.6 Å². The van der Waals surface area contributed by atoms with E-state index in [9.17, 15) is 17.6 Å². The van der Waals surface area contributed by atoms with Crippen LogP contribution in [0.25, 0.3) is 0 Å². The van der Waals surface area contributed by atoms with Crippen LogP contribution in [-0.2, 0) is 6.61 Å². The summed E-state index contributed by atoms with van der Waals surface area (Å²) in [5.74, 6) is -7.34. The monoisotopic (exact) mass is 307 g/mol. The van der Waals surface area contributed by atoms with Gasteiger partial charge >= 0.3 is 0 Å². The molecule has 0 radical (unpaired) electrons. The Labute approximate surface area is 115 Å². The molecule has 0 amide bonds. The lowest BCUT2D eigenvalue weighted by atomic mass is 10.3. The highest BCUT2D eigenvalue weighted by Gasteiger charge is 2.21. The molecule has 0 fully saturated rings. The van der Waals surface area contributed by atoms with Crippen LogP contribution in [0.4, 0.5) is 22.6 Å². The van der Waals surface area contributed by atoms with E-state index in [2.05, 4.69) is 14.9 Å². The molecule has 0 bridgehead atoms. The Morgan fingerprint density at radius 1 is 1.20 bits per heavy atom. The molecule has 1 N–H and O–H groups in total. The van der Waals surface area contributed by atoms with Gasteiger partial charge in [0.05, 0.1) is 0 Å². The Hall–Kier alpha value is -1.90. The van der Waals surface area contributed by atoms with Gasteiger partial charge in [0.15, 0.2) is 17.4 Å². The predicted molar refractivity (Wildman–Crippen MR) is 64.7 cm³/mol. The SMILES string of the molecule is CCNc1snnc1COc1c(F)c(F)cc(F)c1F. The van der Waals surface area contributed by atoms with Crippen LogP contribution in [0.15, 0.2) is 6.07 Å². The van der Waals surface area contributed by atoms with Gasteiger partial charge in [-0.05, 0) is 6.92 Å². The van der Waals surface area contributed by atoms with Crippen LogP contribution in [0, 0.1) is 23.3 Å². The van der Waals surface area contributed by atoms with Crippen molar-refractivity contribution in [1.29, 1.82) is 0 Å². The molecule has 0 atom stereocenters. The van der Waals surface area contributed by atoms with Crippen molar-refractivity contribution in [1.82, 2.24) is 9.59 Å². The summed E-state index contributed by atoms with van der Waals surface area (Å²) in [5, 5.41) is 7.19. The summed E-state index contributed by atoms with van der Waals surface area (Å²) in [5.41, 5.74) is 0.292. The van der Waals surface area contributed by atoms with E-state index in [0.29, 0.717) is 17.2 Å². The largest absolute Gasteiger partial charge is 0.481 e. The standard InChI is InChI=1S/C11H9F4N3OS/c1-2-16-11-7(17-18-20-11)4-19-10-8(14)5(12)3-6(13)9(10)15/h3,16H,2,4H2,1H3. The molecule has 0 unspecified atom stereocenters. The van der Waals surface area contributed by atoms with Crippen molar-refractivity contribution in [2.45, 2.75) is 13.5 Å². The minimum atomic E-state index is -1.59. The molecule has 0 aliphatic carbocycles. The number of benzene rings is 1. The van der Waals surface area contributed by atoms with E-state index in [0.717, 1.165) is 11.5 Å². The van der Waals surface area contributed by atoms with Crippen molar-refractivity contribution in [3.63, 3.8) is 0 Å². The lowest BCUT2D eigenvalue weighted by Crippen LogP contribution is -2.06. The lowest BCUT2D eigenvalue weighted by Gasteiger charge is -2.09. The minimum absolute atomic E-state index is 0.117. The first-order chi connectivity index (χ1) is 9.54. The average molecular weight is 307 g/mol. The van der Waals surface area contributed by atoms with E-state index in [-0.39, 0.29) is 12.7 Å². The number of nitrogens with zero attached hydrogens (tertiary/aromatic N) is 2. The first-order valence-corrected chi connectivity index (χ1v) is 6.32. The van der Waals surface area contributed by atoms with Crippen molar-refractivity contribution in [3.8, 4) is 5.75 Å². The van der Waals surface area contributed by atoms with E-state index < -0.39 is 29.0 Å². The first kappa shape index (κ1) is 14.5. The molecule has 0 spiro atoms. The number of hydrogen-bond acceptors (Lipinski definition) is 5. The first-order valence-electron chi connectivity index (χ1n) is 5.55. The fourth-order valence-corrected chi connectivity index (χ4v) is 2.05. The smallest absolute Gasteiger partial charge is 0.203 e. The summed E-state index contributed by atoms with van der Waals surface area (Å²) in [6.07, 6.45) is 0. The average Bonchev–Trinajstić information content (AvgIpc) is 2.84. The van der Waals surface area contributed by atoms with E-state index in [4.69, 9.17) is 4.74 Å². The number of hydrogen-bond donors (Lipinski definition) is 1. The van der Waals surface area contributed by atoms with Gasteiger partial charge in [-0.25, -0.2) is 8.78 Å². The molecule has 0 saturated carbocycles. The Morgan fingerprint density at radius 2 is 1.85 bits per heavy atom. The van der Waals surface area contributed by atoms with Crippen LogP contribution in [0.5, 0.6) is 5.75 Å². The van der Waals surface area contributed by atoms with Crippen LogP contribution in [0.3, 0.4) is 0 Å². The Morgan fingerprint density at radius 3 is 2.45 bits per heavy atom. The lowest BCUT2D eigenvalue weighted by molar-refractivity contribution is 0.258. The van der Waals surface area contributed by atoms with Crippen molar-refractivity contribution in [3.05, 3.63) is 35.0 Å². The Bertz CT molecular complexity index is 594. The molecular weight excluding hydrogens is 298 g/mol.